The zero-order valence-corrected chi connectivity index (χ0v) is 12.5. The number of carbonyl (C=O) groups excluding carboxylic acids is 1. The molecule has 3 unspecified atom stereocenters. The van der Waals surface area contributed by atoms with Crippen LogP contribution in [0.15, 0.2) is 12.1 Å². The Morgan fingerprint density at radius 1 is 1.29 bits per heavy atom. The molecular formula is C14H14Cl2N2O3. The highest BCUT2D eigenvalue weighted by molar-refractivity contribution is 6.37. The van der Waals surface area contributed by atoms with E-state index in [1.165, 1.54) is 12.1 Å². The molecule has 2 bridgehead atoms. The van der Waals surface area contributed by atoms with Crippen LogP contribution in [-0.2, 0) is 4.79 Å². The van der Waals surface area contributed by atoms with Crippen LogP contribution >= 0.6 is 23.2 Å². The van der Waals surface area contributed by atoms with Gasteiger partial charge in [-0.15, -0.1) is 0 Å². The molecule has 112 valence electrons. The fourth-order valence-corrected chi connectivity index (χ4v) is 3.74. The van der Waals surface area contributed by atoms with Gasteiger partial charge in [-0.05, 0) is 31.4 Å². The average Bonchev–Trinajstić information content (AvgIpc) is 3.03. The van der Waals surface area contributed by atoms with Crippen molar-refractivity contribution in [3.05, 3.63) is 27.7 Å². The molecule has 2 aliphatic rings. The van der Waals surface area contributed by atoms with Crippen LogP contribution in [0.4, 0.5) is 5.69 Å². The lowest BCUT2D eigenvalue weighted by molar-refractivity contribution is -0.120. The van der Waals surface area contributed by atoms with Crippen molar-refractivity contribution in [2.24, 2.45) is 5.92 Å². The van der Waals surface area contributed by atoms with Crippen LogP contribution in [0.3, 0.4) is 0 Å². The summed E-state index contributed by atoms with van der Waals surface area (Å²) >= 11 is 11.8. The number of amides is 1. The fourth-order valence-electron chi connectivity index (χ4n) is 3.20. The minimum absolute atomic E-state index is 0.100. The van der Waals surface area contributed by atoms with E-state index in [0.717, 1.165) is 19.3 Å². The molecule has 0 aliphatic carbocycles. The molecule has 3 rings (SSSR count). The van der Waals surface area contributed by atoms with Gasteiger partial charge in [0.2, 0.25) is 5.91 Å². The number of hydrogen-bond acceptors (Lipinski definition) is 3. The minimum Gasteiger partial charge on any atom is -0.478 e. The van der Waals surface area contributed by atoms with Crippen molar-refractivity contribution in [3.63, 3.8) is 0 Å². The summed E-state index contributed by atoms with van der Waals surface area (Å²) in [5, 5.41) is 15.6. The zero-order chi connectivity index (χ0) is 15.1. The molecule has 21 heavy (non-hydrogen) atoms. The van der Waals surface area contributed by atoms with E-state index in [4.69, 9.17) is 23.2 Å². The van der Waals surface area contributed by atoms with E-state index in [1.54, 1.807) is 0 Å². The molecule has 2 heterocycles. The molecule has 3 atom stereocenters. The summed E-state index contributed by atoms with van der Waals surface area (Å²) in [7, 11) is 0. The van der Waals surface area contributed by atoms with E-state index in [1.807, 2.05) is 0 Å². The van der Waals surface area contributed by atoms with Gasteiger partial charge in [-0.25, -0.2) is 4.79 Å². The molecule has 0 saturated carbocycles. The van der Waals surface area contributed by atoms with Crippen molar-refractivity contribution in [1.29, 1.82) is 0 Å². The van der Waals surface area contributed by atoms with E-state index in [9.17, 15) is 14.7 Å². The molecule has 0 spiro atoms. The molecule has 1 aromatic carbocycles. The van der Waals surface area contributed by atoms with Gasteiger partial charge in [-0.1, -0.05) is 23.2 Å². The van der Waals surface area contributed by atoms with Crippen LogP contribution in [0, 0.1) is 5.92 Å². The van der Waals surface area contributed by atoms with E-state index < -0.39 is 5.97 Å². The van der Waals surface area contributed by atoms with Gasteiger partial charge in [0, 0.05) is 17.1 Å². The summed E-state index contributed by atoms with van der Waals surface area (Å²) in [5.74, 6) is -1.51. The molecular weight excluding hydrogens is 315 g/mol. The molecule has 2 saturated heterocycles. The van der Waals surface area contributed by atoms with Gasteiger partial charge in [0.1, 0.15) is 0 Å². The van der Waals surface area contributed by atoms with E-state index >= 15 is 0 Å². The Hall–Kier alpha value is -1.30. The predicted molar refractivity (Wildman–Crippen MR) is 80.1 cm³/mol. The Morgan fingerprint density at radius 3 is 2.62 bits per heavy atom. The lowest BCUT2D eigenvalue weighted by Crippen LogP contribution is -2.33. The van der Waals surface area contributed by atoms with Crippen molar-refractivity contribution in [3.8, 4) is 0 Å². The molecule has 7 heteroatoms. The van der Waals surface area contributed by atoms with Crippen molar-refractivity contribution in [2.45, 2.75) is 31.3 Å². The fraction of sp³-hybridized carbons (Fsp3) is 0.429. The Morgan fingerprint density at radius 2 is 2.05 bits per heavy atom. The Balaban J connectivity index is 1.84. The van der Waals surface area contributed by atoms with Crippen LogP contribution in [0.5, 0.6) is 0 Å². The van der Waals surface area contributed by atoms with E-state index in [2.05, 4.69) is 10.6 Å². The molecule has 3 N–H and O–H groups in total. The van der Waals surface area contributed by atoms with Gasteiger partial charge in [-0.2, -0.15) is 0 Å². The number of nitrogens with one attached hydrogen (secondary N) is 2. The SMILES string of the molecule is O=C(O)c1cc(Cl)cc(Cl)c1NC(=O)C1CC2CCC1N2. The highest BCUT2D eigenvalue weighted by Crippen LogP contribution is 2.36. The molecule has 2 fully saturated rings. The van der Waals surface area contributed by atoms with Gasteiger partial charge in [0.25, 0.3) is 0 Å². The minimum atomic E-state index is -1.18. The third kappa shape index (κ3) is 2.73. The third-order valence-corrected chi connectivity index (χ3v) is 4.69. The van der Waals surface area contributed by atoms with Crippen molar-refractivity contribution in [1.82, 2.24) is 5.32 Å². The predicted octanol–water partition coefficient (Wildman–Crippen LogP) is 2.77. The highest BCUT2D eigenvalue weighted by atomic mass is 35.5. The Labute approximate surface area is 131 Å². The van der Waals surface area contributed by atoms with Crippen molar-refractivity contribution < 1.29 is 14.7 Å². The maximum Gasteiger partial charge on any atom is 0.337 e. The van der Waals surface area contributed by atoms with Crippen LogP contribution in [-0.4, -0.2) is 29.1 Å². The molecule has 0 radical (unpaired) electrons. The van der Waals surface area contributed by atoms with Crippen LogP contribution in [0.1, 0.15) is 29.6 Å². The number of carboxylic acid groups (broad SMARTS) is 1. The zero-order valence-electron chi connectivity index (χ0n) is 11.0. The first-order valence-electron chi connectivity index (χ1n) is 6.75. The number of aromatic carboxylic acids is 1. The van der Waals surface area contributed by atoms with Gasteiger partial charge in [-0.3, -0.25) is 4.79 Å². The maximum atomic E-state index is 12.4. The van der Waals surface area contributed by atoms with Gasteiger partial charge in [0.05, 0.1) is 22.2 Å². The monoisotopic (exact) mass is 328 g/mol. The van der Waals surface area contributed by atoms with E-state index in [-0.39, 0.29) is 39.2 Å². The second-order valence-corrected chi connectivity index (χ2v) is 6.34. The standard InChI is InChI=1S/C14H14Cl2N2O3/c15-6-3-9(14(20)21)12(10(16)4-6)18-13(19)8-5-7-1-2-11(8)17-7/h3-4,7-8,11,17H,1-2,5H2,(H,18,19)(H,20,21). The number of carbonyl (C=O) groups is 2. The number of carboxylic acids is 1. The molecule has 1 aromatic rings. The number of rotatable bonds is 3. The smallest absolute Gasteiger partial charge is 0.337 e. The highest BCUT2D eigenvalue weighted by Gasteiger charge is 2.43. The summed E-state index contributed by atoms with van der Waals surface area (Å²) in [6.07, 6.45) is 2.85. The summed E-state index contributed by atoms with van der Waals surface area (Å²) < 4.78 is 0. The summed E-state index contributed by atoms with van der Waals surface area (Å²) in [5.41, 5.74) is 0.0123. The Kier molecular flexibility index (Phi) is 3.82. The second kappa shape index (κ2) is 5.48. The number of anilines is 1. The topological polar surface area (TPSA) is 78.4 Å². The first kappa shape index (κ1) is 14.6. The molecule has 2 aliphatic heterocycles. The second-order valence-electron chi connectivity index (χ2n) is 5.49. The number of benzene rings is 1. The van der Waals surface area contributed by atoms with Gasteiger partial charge < -0.3 is 15.7 Å². The molecule has 0 aromatic heterocycles. The molecule has 5 nitrogen and oxygen atoms in total. The lowest BCUT2D eigenvalue weighted by atomic mass is 9.88. The summed E-state index contributed by atoms with van der Waals surface area (Å²) in [6, 6.07) is 3.27. The molecule has 1 amide bonds. The maximum absolute atomic E-state index is 12.4. The van der Waals surface area contributed by atoms with Gasteiger partial charge >= 0.3 is 5.97 Å². The number of fused-ring (bicyclic) bond motifs is 2. The first-order valence-corrected chi connectivity index (χ1v) is 7.50. The summed E-state index contributed by atoms with van der Waals surface area (Å²) in [6.45, 7) is 0. The van der Waals surface area contributed by atoms with Gasteiger partial charge in [0.15, 0.2) is 0 Å². The van der Waals surface area contributed by atoms with Crippen molar-refractivity contribution >= 4 is 40.8 Å². The largest absolute Gasteiger partial charge is 0.478 e. The summed E-state index contributed by atoms with van der Waals surface area (Å²) in [4.78, 5) is 23.7. The number of hydrogen-bond donors (Lipinski definition) is 3. The number of halogens is 2. The lowest BCUT2D eigenvalue weighted by Gasteiger charge is -2.20. The quantitative estimate of drug-likeness (QED) is 0.797. The van der Waals surface area contributed by atoms with Crippen molar-refractivity contribution in [2.75, 3.05) is 5.32 Å². The van der Waals surface area contributed by atoms with Crippen LogP contribution in [0.2, 0.25) is 10.0 Å². The van der Waals surface area contributed by atoms with Crippen LogP contribution in [0.25, 0.3) is 0 Å². The third-order valence-electron chi connectivity index (χ3n) is 4.17. The Bertz CT molecular complexity index is 620. The van der Waals surface area contributed by atoms with Crippen LogP contribution < -0.4 is 10.6 Å². The average molecular weight is 329 g/mol. The van der Waals surface area contributed by atoms with E-state index in [0.29, 0.717) is 6.04 Å². The first-order chi connectivity index (χ1) is 9.95. The normalized spacial score (nSPS) is 26.9.